The Labute approximate surface area is 113 Å². The summed E-state index contributed by atoms with van der Waals surface area (Å²) >= 11 is 0. The molecule has 104 valence electrons. The summed E-state index contributed by atoms with van der Waals surface area (Å²) in [4.78, 5) is 38.1. The number of hydrogen-bond donors (Lipinski definition) is 0. The lowest BCUT2D eigenvalue weighted by Crippen LogP contribution is -2.31. The molecule has 3 heterocycles. The van der Waals surface area contributed by atoms with Gasteiger partial charge in [-0.05, 0) is 18.2 Å². The summed E-state index contributed by atoms with van der Waals surface area (Å²) in [5.41, 5.74) is 0.155. The molecule has 0 aromatic carbocycles. The van der Waals surface area contributed by atoms with Gasteiger partial charge in [0, 0.05) is 12.8 Å². The van der Waals surface area contributed by atoms with Gasteiger partial charge in [0.2, 0.25) is 0 Å². The normalized spacial score (nSPS) is 13.9. The van der Waals surface area contributed by atoms with Crippen LogP contribution in [0.1, 0.15) is 23.2 Å². The van der Waals surface area contributed by atoms with Crippen molar-refractivity contribution < 1.29 is 28.1 Å². The molecule has 0 bridgehead atoms. The zero-order chi connectivity index (χ0) is 14.4. The monoisotopic (exact) mass is 277 g/mol. The van der Waals surface area contributed by atoms with Gasteiger partial charge in [0.25, 0.3) is 11.8 Å². The van der Waals surface area contributed by atoms with Gasteiger partial charge in [-0.2, -0.15) is 0 Å². The maximum absolute atomic E-state index is 11.3. The smallest absolute Gasteiger partial charge is 0.367 e. The van der Waals surface area contributed by atoms with Crippen LogP contribution in [0.15, 0.2) is 52.1 Å². The highest BCUT2D eigenvalue weighted by Gasteiger charge is 2.33. The van der Waals surface area contributed by atoms with Crippen LogP contribution in [0.5, 0.6) is 0 Å². The summed E-state index contributed by atoms with van der Waals surface area (Å²) in [6.45, 7) is 0. The molecule has 1 saturated heterocycles. The second-order valence-corrected chi connectivity index (χ2v) is 3.77. The molecule has 0 unspecified atom stereocenters. The minimum absolute atomic E-state index is 0.0809. The Morgan fingerprint density at radius 3 is 2.15 bits per heavy atom. The fourth-order valence-electron chi connectivity index (χ4n) is 1.40. The molecule has 1 aliphatic heterocycles. The van der Waals surface area contributed by atoms with E-state index in [4.69, 9.17) is 0 Å². The van der Waals surface area contributed by atoms with Crippen molar-refractivity contribution in [3.8, 4) is 0 Å². The standard InChI is InChI=1S/C9H7NO5.C4H4O/c11-7-1-2-8(12)10(7)15-9(13)6-3-4-14-5-6;1-2-4-5-3-1/h3-5H,1-2H2;1-4H. The number of carbonyl (C=O) groups is 3. The molecule has 1 fully saturated rings. The molecule has 7 nitrogen and oxygen atoms in total. The second-order valence-electron chi connectivity index (χ2n) is 3.77. The SMILES string of the molecule is O=C(ON1C(=O)CCC1=O)c1ccoc1.c1ccoc1. The van der Waals surface area contributed by atoms with Crippen LogP contribution in [-0.2, 0) is 14.4 Å². The summed E-state index contributed by atoms with van der Waals surface area (Å²) in [7, 11) is 0. The molecule has 0 aliphatic carbocycles. The van der Waals surface area contributed by atoms with Crippen LogP contribution in [0.25, 0.3) is 0 Å². The lowest BCUT2D eigenvalue weighted by molar-refractivity contribution is -0.172. The van der Waals surface area contributed by atoms with Gasteiger partial charge in [0.1, 0.15) is 11.8 Å². The molecule has 0 spiro atoms. The van der Waals surface area contributed by atoms with Crippen molar-refractivity contribution in [2.24, 2.45) is 0 Å². The quantitative estimate of drug-likeness (QED) is 0.777. The highest BCUT2D eigenvalue weighted by Crippen LogP contribution is 2.14. The van der Waals surface area contributed by atoms with Crippen molar-refractivity contribution in [1.29, 1.82) is 0 Å². The number of hydrogen-bond acceptors (Lipinski definition) is 6. The largest absolute Gasteiger partial charge is 0.473 e. The summed E-state index contributed by atoms with van der Waals surface area (Å²) < 4.78 is 9.25. The minimum atomic E-state index is -0.785. The van der Waals surface area contributed by atoms with Crippen LogP contribution in [0.3, 0.4) is 0 Å². The van der Waals surface area contributed by atoms with E-state index in [0.29, 0.717) is 5.06 Å². The predicted octanol–water partition coefficient (Wildman–Crippen LogP) is 1.78. The molecular weight excluding hydrogens is 266 g/mol. The Hall–Kier alpha value is -2.83. The van der Waals surface area contributed by atoms with Gasteiger partial charge < -0.3 is 13.7 Å². The summed E-state index contributed by atoms with van der Waals surface area (Å²) in [5, 5.41) is 0.495. The molecule has 0 saturated carbocycles. The second kappa shape index (κ2) is 6.37. The molecular formula is C13H11NO6. The molecule has 20 heavy (non-hydrogen) atoms. The van der Waals surface area contributed by atoms with Gasteiger partial charge in [-0.1, -0.05) is 0 Å². The van der Waals surface area contributed by atoms with Crippen LogP contribution >= 0.6 is 0 Å². The van der Waals surface area contributed by atoms with Crippen molar-refractivity contribution in [3.05, 3.63) is 48.8 Å². The Morgan fingerprint density at radius 1 is 1.05 bits per heavy atom. The molecule has 2 amide bonds. The Morgan fingerprint density at radius 2 is 1.70 bits per heavy atom. The first-order chi connectivity index (χ1) is 9.68. The fraction of sp³-hybridized carbons (Fsp3) is 0.154. The first-order valence-corrected chi connectivity index (χ1v) is 5.76. The average molecular weight is 277 g/mol. The van der Waals surface area contributed by atoms with Crippen LogP contribution < -0.4 is 0 Å². The first kappa shape index (κ1) is 13.6. The van der Waals surface area contributed by atoms with Crippen molar-refractivity contribution in [3.63, 3.8) is 0 Å². The molecule has 2 aromatic rings. The van der Waals surface area contributed by atoms with Crippen molar-refractivity contribution >= 4 is 17.8 Å². The van der Waals surface area contributed by atoms with E-state index >= 15 is 0 Å². The molecule has 7 heteroatoms. The Kier molecular flexibility index (Phi) is 4.33. The van der Waals surface area contributed by atoms with E-state index in [9.17, 15) is 14.4 Å². The van der Waals surface area contributed by atoms with E-state index < -0.39 is 17.8 Å². The lowest BCUT2D eigenvalue weighted by atomic mass is 10.4. The third-order valence-corrected chi connectivity index (χ3v) is 2.36. The summed E-state index contributed by atoms with van der Waals surface area (Å²) in [6, 6.07) is 5.05. The van der Waals surface area contributed by atoms with E-state index in [1.807, 2.05) is 12.1 Å². The number of amides is 2. The van der Waals surface area contributed by atoms with E-state index in [1.165, 1.54) is 18.6 Å². The highest BCUT2D eigenvalue weighted by atomic mass is 16.7. The summed E-state index contributed by atoms with van der Waals surface area (Å²) in [6.07, 6.45) is 5.88. The van der Waals surface area contributed by atoms with E-state index in [2.05, 4.69) is 13.7 Å². The Balaban J connectivity index is 0.000000247. The zero-order valence-corrected chi connectivity index (χ0v) is 10.4. The molecule has 1 aliphatic rings. The molecule has 3 rings (SSSR count). The van der Waals surface area contributed by atoms with Gasteiger partial charge >= 0.3 is 5.97 Å². The maximum atomic E-state index is 11.3. The predicted molar refractivity (Wildman–Crippen MR) is 63.9 cm³/mol. The number of rotatable bonds is 2. The number of hydroxylamine groups is 2. The number of carbonyl (C=O) groups excluding carboxylic acids is 3. The van der Waals surface area contributed by atoms with E-state index in [1.54, 1.807) is 12.5 Å². The van der Waals surface area contributed by atoms with Crippen LogP contribution in [0, 0.1) is 0 Å². The topological polar surface area (TPSA) is 90.0 Å². The number of furan rings is 2. The third kappa shape index (κ3) is 3.35. The van der Waals surface area contributed by atoms with Gasteiger partial charge in [-0.3, -0.25) is 9.59 Å². The molecule has 0 N–H and O–H groups in total. The maximum Gasteiger partial charge on any atom is 0.367 e. The zero-order valence-electron chi connectivity index (χ0n) is 10.4. The van der Waals surface area contributed by atoms with Crippen LogP contribution in [0.2, 0.25) is 0 Å². The highest BCUT2D eigenvalue weighted by molar-refractivity contribution is 6.02. The van der Waals surface area contributed by atoms with Gasteiger partial charge in [0.15, 0.2) is 0 Å². The molecule has 0 radical (unpaired) electrons. The lowest BCUT2D eigenvalue weighted by Gasteiger charge is -2.11. The average Bonchev–Trinajstić information content (AvgIpc) is 3.18. The minimum Gasteiger partial charge on any atom is -0.473 e. The van der Waals surface area contributed by atoms with Crippen LogP contribution in [0.4, 0.5) is 0 Å². The molecule has 2 aromatic heterocycles. The summed E-state index contributed by atoms with van der Waals surface area (Å²) in [5.74, 6) is -1.79. The Bertz CT molecular complexity index is 539. The third-order valence-electron chi connectivity index (χ3n) is 2.36. The van der Waals surface area contributed by atoms with Crippen LogP contribution in [-0.4, -0.2) is 22.8 Å². The van der Waals surface area contributed by atoms with Crippen molar-refractivity contribution in [2.45, 2.75) is 12.8 Å². The first-order valence-electron chi connectivity index (χ1n) is 5.76. The number of nitrogens with zero attached hydrogens (tertiary/aromatic N) is 1. The van der Waals surface area contributed by atoms with Crippen molar-refractivity contribution in [2.75, 3.05) is 0 Å². The van der Waals surface area contributed by atoms with Gasteiger partial charge in [-0.25, -0.2) is 4.79 Å². The molecule has 0 atom stereocenters. The fourth-order valence-corrected chi connectivity index (χ4v) is 1.40. The van der Waals surface area contributed by atoms with Gasteiger partial charge in [-0.15, -0.1) is 5.06 Å². The van der Waals surface area contributed by atoms with Gasteiger partial charge in [0.05, 0.1) is 18.8 Å². The van der Waals surface area contributed by atoms with Crippen molar-refractivity contribution in [1.82, 2.24) is 5.06 Å². The van der Waals surface area contributed by atoms with E-state index in [0.717, 1.165) is 0 Å². The van der Waals surface area contributed by atoms with E-state index in [-0.39, 0.29) is 18.4 Å². The number of imide groups is 1.